The van der Waals surface area contributed by atoms with Crippen LogP contribution in [0.15, 0.2) is 30.3 Å². The summed E-state index contributed by atoms with van der Waals surface area (Å²) in [6.07, 6.45) is -0.305. The van der Waals surface area contributed by atoms with Gasteiger partial charge in [0.1, 0.15) is 17.7 Å². The monoisotopic (exact) mass is 417 g/mol. The van der Waals surface area contributed by atoms with E-state index in [9.17, 15) is 19.2 Å². The normalized spacial score (nSPS) is 17.6. The smallest absolute Gasteiger partial charge is 0.408 e. The number of ketones is 1. The van der Waals surface area contributed by atoms with Gasteiger partial charge in [-0.25, -0.2) is 4.79 Å². The Bertz CT molecular complexity index is 786. The van der Waals surface area contributed by atoms with Crippen LogP contribution in [0.25, 0.3) is 0 Å². The highest BCUT2D eigenvalue weighted by molar-refractivity contribution is 6.01. The van der Waals surface area contributed by atoms with Crippen LogP contribution in [-0.2, 0) is 14.3 Å². The number of nitrogens with one attached hydrogen (secondary N) is 2. The van der Waals surface area contributed by atoms with E-state index >= 15 is 0 Å². The Morgan fingerprint density at radius 2 is 1.80 bits per heavy atom. The highest BCUT2D eigenvalue weighted by Gasteiger charge is 2.36. The molecule has 0 saturated carbocycles. The van der Waals surface area contributed by atoms with E-state index in [1.807, 2.05) is 19.9 Å². The van der Waals surface area contributed by atoms with E-state index in [-0.39, 0.29) is 30.7 Å². The van der Waals surface area contributed by atoms with Crippen LogP contribution in [0.4, 0.5) is 4.79 Å². The number of carbonyl (C=O) groups excluding carboxylic acids is 4. The standard InChI is InChI=1S/C22H31N3O5/c1-14(2)11-16(24-21(29)30-22(3,4)5)19(27)23-17-12-25(13-18(17)26)20(28)15-9-7-6-8-10-15/h6-10,14,16-17H,11-13H2,1-5H3,(H,23,27)(H,24,29)/t16-,17?/m0/s1. The van der Waals surface area contributed by atoms with Crippen molar-refractivity contribution in [1.82, 2.24) is 15.5 Å². The number of rotatable bonds is 6. The Kier molecular flexibility index (Phi) is 7.59. The minimum Gasteiger partial charge on any atom is -0.444 e. The quantitative estimate of drug-likeness (QED) is 0.738. The van der Waals surface area contributed by atoms with Gasteiger partial charge in [-0.05, 0) is 45.2 Å². The molecule has 1 unspecified atom stereocenters. The van der Waals surface area contributed by atoms with Crippen molar-refractivity contribution < 1.29 is 23.9 Å². The summed E-state index contributed by atoms with van der Waals surface area (Å²) in [5.41, 5.74) is -0.204. The van der Waals surface area contributed by atoms with E-state index < -0.39 is 29.7 Å². The number of alkyl carbamates (subject to hydrolysis) is 1. The molecule has 2 N–H and O–H groups in total. The lowest BCUT2D eigenvalue weighted by Crippen LogP contribution is -2.52. The second-order valence-electron chi connectivity index (χ2n) is 8.91. The molecule has 2 atom stereocenters. The summed E-state index contributed by atoms with van der Waals surface area (Å²) in [6.45, 7) is 9.10. The van der Waals surface area contributed by atoms with Gasteiger partial charge in [0.05, 0.1) is 6.54 Å². The molecule has 1 aromatic carbocycles. The van der Waals surface area contributed by atoms with Crippen LogP contribution < -0.4 is 10.6 Å². The van der Waals surface area contributed by atoms with Crippen molar-refractivity contribution in [2.24, 2.45) is 5.92 Å². The van der Waals surface area contributed by atoms with Gasteiger partial charge < -0.3 is 20.3 Å². The summed E-state index contributed by atoms with van der Waals surface area (Å²) < 4.78 is 5.24. The Labute approximate surface area is 177 Å². The number of ether oxygens (including phenoxy) is 1. The van der Waals surface area contributed by atoms with Crippen molar-refractivity contribution >= 4 is 23.7 Å². The summed E-state index contributed by atoms with van der Waals surface area (Å²) in [6, 6.07) is 7.03. The first-order valence-electron chi connectivity index (χ1n) is 10.1. The summed E-state index contributed by atoms with van der Waals surface area (Å²) in [5.74, 6) is -0.840. The van der Waals surface area contributed by atoms with Crippen molar-refractivity contribution in [3.8, 4) is 0 Å². The predicted molar refractivity (Wildman–Crippen MR) is 112 cm³/mol. The number of likely N-dealkylation sites (tertiary alicyclic amines) is 1. The molecule has 8 heteroatoms. The van der Waals surface area contributed by atoms with Crippen molar-refractivity contribution in [2.75, 3.05) is 13.1 Å². The molecule has 0 spiro atoms. The molecule has 2 rings (SSSR count). The zero-order valence-corrected chi connectivity index (χ0v) is 18.2. The fourth-order valence-corrected chi connectivity index (χ4v) is 3.15. The average Bonchev–Trinajstić information content (AvgIpc) is 2.99. The van der Waals surface area contributed by atoms with Crippen LogP contribution in [0.3, 0.4) is 0 Å². The Morgan fingerprint density at radius 1 is 1.17 bits per heavy atom. The number of amides is 3. The van der Waals surface area contributed by atoms with Crippen LogP contribution in [0.1, 0.15) is 51.4 Å². The van der Waals surface area contributed by atoms with Gasteiger partial charge in [0.2, 0.25) is 5.91 Å². The topological polar surface area (TPSA) is 105 Å². The molecule has 1 fully saturated rings. The van der Waals surface area contributed by atoms with Gasteiger partial charge in [-0.2, -0.15) is 0 Å². The van der Waals surface area contributed by atoms with E-state index in [2.05, 4.69) is 10.6 Å². The molecule has 1 aliphatic heterocycles. The molecule has 30 heavy (non-hydrogen) atoms. The molecule has 164 valence electrons. The van der Waals surface area contributed by atoms with Crippen LogP contribution in [-0.4, -0.2) is 59.4 Å². The zero-order valence-electron chi connectivity index (χ0n) is 18.2. The Hall–Kier alpha value is -2.90. The molecule has 8 nitrogen and oxygen atoms in total. The zero-order chi connectivity index (χ0) is 22.5. The maximum absolute atomic E-state index is 12.8. The molecular formula is C22H31N3O5. The average molecular weight is 418 g/mol. The third-order valence-corrected chi connectivity index (χ3v) is 4.48. The van der Waals surface area contributed by atoms with Gasteiger partial charge in [-0.3, -0.25) is 14.4 Å². The fraction of sp³-hybridized carbons (Fsp3) is 0.545. The van der Waals surface area contributed by atoms with Crippen molar-refractivity contribution in [1.29, 1.82) is 0 Å². The third-order valence-electron chi connectivity index (χ3n) is 4.48. The van der Waals surface area contributed by atoms with E-state index in [1.54, 1.807) is 45.0 Å². The lowest BCUT2D eigenvalue weighted by Gasteiger charge is -2.25. The van der Waals surface area contributed by atoms with Gasteiger partial charge in [0.25, 0.3) is 5.91 Å². The first-order valence-corrected chi connectivity index (χ1v) is 10.1. The number of carbonyl (C=O) groups is 4. The van der Waals surface area contributed by atoms with Crippen LogP contribution in [0.2, 0.25) is 0 Å². The second-order valence-corrected chi connectivity index (χ2v) is 8.91. The fourth-order valence-electron chi connectivity index (χ4n) is 3.15. The Balaban J connectivity index is 2.01. The first kappa shape index (κ1) is 23.4. The van der Waals surface area contributed by atoms with Crippen LogP contribution in [0.5, 0.6) is 0 Å². The molecule has 0 radical (unpaired) electrons. The van der Waals surface area contributed by atoms with Gasteiger partial charge in [-0.1, -0.05) is 32.0 Å². The van der Waals surface area contributed by atoms with E-state index in [4.69, 9.17) is 4.74 Å². The molecule has 0 aliphatic carbocycles. The lowest BCUT2D eigenvalue weighted by molar-refractivity contribution is -0.127. The van der Waals surface area contributed by atoms with Crippen LogP contribution in [0, 0.1) is 5.92 Å². The number of hydrogen-bond acceptors (Lipinski definition) is 5. The minimum atomic E-state index is -0.841. The second kappa shape index (κ2) is 9.73. The summed E-state index contributed by atoms with van der Waals surface area (Å²) in [4.78, 5) is 51.3. The molecule has 0 aromatic heterocycles. The molecular weight excluding hydrogens is 386 g/mol. The Morgan fingerprint density at radius 3 is 2.37 bits per heavy atom. The third kappa shape index (κ3) is 6.86. The largest absolute Gasteiger partial charge is 0.444 e. The number of Topliss-reactive ketones (excluding diaryl/α,β-unsaturated/α-hetero) is 1. The first-order chi connectivity index (χ1) is 14.0. The molecule has 1 heterocycles. The summed E-state index contributed by atoms with van der Waals surface area (Å²) in [5, 5.41) is 5.27. The number of hydrogen-bond donors (Lipinski definition) is 2. The van der Waals surface area contributed by atoms with Crippen molar-refractivity contribution in [3.05, 3.63) is 35.9 Å². The lowest BCUT2D eigenvalue weighted by atomic mass is 10.0. The van der Waals surface area contributed by atoms with Gasteiger partial charge in [-0.15, -0.1) is 0 Å². The summed E-state index contributed by atoms with van der Waals surface area (Å²) in [7, 11) is 0. The maximum atomic E-state index is 12.8. The van der Waals surface area contributed by atoms with E-state index in [1.165, 1.54) is 4.90 Å². The maximum Gasteiger partial charge on any atom is 0.408 e. The van der Waals surface area contributed by atoms with Gasteiger partial charge in [0.15, 0.2) is 5.78 Å². The number of benzene rings is 1. The highest BCUT2D eigenvalue weighted by Crippen LogP contribution is 2.13. The number of nitrogens with zero attached hydrogens (tertiary/aromatic N) is 1. The van der Waals surface area contributed by atoms with Crippen LogP contribution >= 0.6 is 0 Å². The van der Waals surface area contributed by atoms with Gasteiger partial charge in [0, 0.05) is 12.1 Å². The molecule has 1 aromatic rings. The SMILES string of the molecule is CC(C)C[C@H](NC(=O)OC(C)(C)C)C(=O)NC1CN(C(=O)c2ccccc2)CC1=O. The van der Waals surface area contributed by atoms with E-state index in [0.29, 0.717) is 12.0 Å². The van der Waals surface area contributed by atoms with Gasteiger partial charge >= 0.3 is 6.09 Å². The molecule has 1 saturated heterocycles. The molecule has 0 bridgehead atoms. The summed E-state index contributed by atoms with van der Waals surface area (Å²) >= 11 is 0. The van der Waals surface area contributed by atoms with E-state index in [0.717, 1.165) is 0 Å². The van der Waals surface area contributed by atoms with Crippen molar-refractivity contribution in [3.63, 3.8) is 0 Å². The minimum absolute atomic E-state index is 0.0625. The predicted octanol–water partition coefficient (Wildman–Crippen LogP) is 2.14. The molecule has 1 aliphatic rings. The highest BCUT2D eigenvalue weighted by atomic mass is 16.6. The molecule has 3 amide bonds. The van der Waals surface area contributed by atoms with Crippen molar-refractivity contribution in [2.45, 2.75) is 58.7 Å².